The van der Waals surface area contributed by atoms with Gasteiger partial charge in [-0.15, -0.1) is 0 Å². The van der Waals surface area contributed by atoms with Gasteiger partial charge in [-0.1, -0.05) is 29.8 Å². The lowest BCUT2D eigenvalue weighted by atomic mass is 9.93. The standard InChI is InChI=1S/C17H17NO/c19-17(11-13-5-2-1-3-6-13)15-9-8-14-7-4-10-18-16(14)12-15/h4-5,7-10,12H,1-3,6,11H2. The van der Waals surface area contributed by atoms with Crippen molar-refractivity contribution in [3.8, 4) is 0 Å². The molecule has 0 saturated carbocycles. The first-order chi connectivity index (χ1) is 9.33. The van der Waals surface area contributed by atoms with Crippen molar-refractivity contribution in [2.24, 2.45) is 0 Å². The molecular formula is C17H17NO. The second-order valence-electron chi connectivity index (χ2n) is 5.12. The molecule has 0 N–H and O–H groups in total. The van der Waals surface area contributed by atoms with Gasteiger partial charge in [-0.25, -0.2) is 0 Å². The molecule has 0 radical (unpaired) electrons. The topological polar surface area (TPSA) is 30.0 Å². The van der Waals surface area contributed by atoms with Crippen molar-refractivity contribution in [1.29, 1.82) is 0 Å². The molecule has 1 aliphatic rings. The van der Waals surface area contributed by atoms with E-state index in [9.17, 15) is 4.79 Å². The molecule has 2 heteroatoms. The summed E-state index contributed by atoms with van der Waals surface area (Å²) in [6.45, 7) is 0. The van der Waals surface area contributed by atoms with Gasteiger partial charge in [-0.3, -0.25) is 9.78 Å². The maximum Gasteiger partial charge on any atom is 0.166 e. The number of benzene rings is 1. The zero-order valence-electron chi connectivity index (χ0n) is 10.9. The molecule has 0 fully saturated rings. The molecule has 1 aliphatic carbocycles. The summed E-state index contributed by atoms with van der Waals surface area (Å²) in [5, 5.41) is 1.08. The Labute approximate surface area is 113 Å². The van der Waals surface area contributed by atoms with Crippen molar-refractivity contribution in [3.63, 3.8) is 0 Å². The normalized spacial score (nSPS) is 15.3. The third-order valence-corrected chi connectivity index (χ3v) is 3.70. The Bertz CT molecular complexity index is 643. The van der Waals surface area contributed by atoms with E-state index in [4.69, 9.17) is 0 Å². The van der Waals surface area contributed by atoms with Gasteiger partial charge < -0.3 is 0 Å². The summed E-state index contributed by atoms with van der Waals surface area (Å²) >= 11 is 0. The number of allylic oxidation sites excluding steroid dienone is 2. The molecule has 1 aromatic carbocycles. The lowest BCUT2D eigenvalue weighted by Crippen LogP contribution is -2.03. The Balaban J connectivity index is 1.83. The summed E-state index contributed by atoms with van der Waals surface area (Å²) in [5.74, 6) is 0.209. The van der Waals surface area contributed by atoms with E-state index in [0.717, 1.165) is 29.3 Å². The van der Waals surface area contributed by atoms with Crippen LogP contribution in [-0.4, -0.2) is 10.8 Å². The molecule has 1 aromatic heterocycles. The average Bonchev–Trinajstić information content (AvgIpc) is 2.48. The lowest BCUT2D eigenvalue weighted by Gasteiger charge is -2.11. The van der Waals surface area contributed by atoms with Crippen molar-refractivity contribution in [2.45, 2.75) is 32.1 Å². The number of aromatic nitrogens is 1. The van der Waals surface area contributed by atoms with Crippen molar-refractivity contribution >= 4 is 16.7 Å². The van der Waals surface area contributed by atoms with Gasteiger partial charge in [0.1, 0.15) is 0 Å². The highest BCUT2D eigenvalue weighted by Gasteiger charge is 2.11. The molecule has 0 bridgehead atoms. The molecule has 2 aromatic rings. The van der Waals surface area contributed by atoms with Gasteiger partial charge in [-0.2, -0.15) is 0 Å². The van der Waals surface area contributed by atoms with E-state index < -0.39 is 0 Å². The summed E-state index contributed by atoms with van der Waals surface area (Å²) < 4.78 is 0. The quantitative estimate of drug-likeness (QED) is 0.601. The number of carbonyl (C=O) groups is 1. The lowest BCUT2D eigenvalue weighted by molar-refractivity contribution is 0.0991. The maximum absolute atomic E-state index is 12.3. The van der Waals surface area contributed by atoms with Crippen LogP contribution in [0.25, 0.3) is 10.9 Å². The van der Waals surface area contributed by atoms with Gasteiger partial charge >= 0.3 is 0 Å². The fourth-order valence-corrected chi connectivity index (χ4v) is 2.61. The molecule has 0 spiro atoms. The fourth-order valence-electron chi connectivity index (χ4n) is 2.61. The van der Waals surface area contributed by atoms with E-state index in [1.165, 1.54) is 18.4 Å². The summed E-state index contributed by atoms with van der Waals surface area (Å²) in [6.07, 6.45) is 9.26. The number of fused-ring (bicyclic) bond motifs is 1. The van der Waals surface area contributed by atoms with E-state index in [-0.39, 0.29) is 5.78 Å². The smallest absolute Gasteiger partial charge is 0.166 e. The van der Waals surface area contributed by atoms with Crippen LogP contribution in [0.4, 0.5) is 0 Å². The summed E-state index contributed by atoms with van der Waals surface area (Å²) in [7, 11) is 0. The number of nitrogens with zero attached hydrogens (tertiary/aromatic N) is 1. The van der Waals surface area contributed by atoms with E-state index in [2.05, 4.69) is 11.1 Å². The predicted molar refractivity (Wildman–Crippen MR) is 77.2 cm³/mol. The first kappa shape index (κ1) is 12.1. The number of ketones is 1. The minimum absolute atomic E-state index is 0.209. The van der Waals surface area contributed by atoms with E-state index >= 15 is 0 Å². The molecule has 96 valence electrons. The van der Waals surface area contributed by atoms with Crippen LogP contribution in [0.1, 0.15) is 42.5 Å². The SMILES string of the molecule is O=C(CC1=CCCCC1)c1ccc2cccnc2c1. The van der Waals surface area contributed by atoms with E-state index in [1.54, 1.807) is 6.20 Å². The predicted octanol–water partition coefficient (Wildman–Crippen LogP) is 4.31. The first-order valence-corrected chi connectivity index (χ1v) is 6.89. The Morgan fingerprint density at radius 1 is 1.21 bits per heavy atom. The number of carbonyl (C=O) groups excluding carboxylic acids is 1. The Morgan fingerprint density at radius 3 is 3.00 bits per heavy atom. The Kier molecular flexibility index (Phi) is 3.41. The van der Waals surface area contributed by atoms with Gasteiger partial charge in [0, 0.05) is 23.6 Å². The van der Waals surface area contributed by atoms with Gasteiger partial charge in [0.15, 0.2) is 5.78 Å². The summed E-state index contributed by atoms with van der Waals surface area (Å²) in [4.78, 5) is 16.6. The summed E-state index contributed by atoms with van der Waals surface area (Å²) in [6, 6.07) is 9.72. The van der Waals surface area contributed by atoms with Gasteiger partial charge in [0.2, 0.25) is 0 Å². The number of Topliss-reactive ketones (excluding diaryl/α,β-unsaturated/α-hetero) is 1. The molecule has 3 rings (SSSR count). The second-order valence-corrected chi connectivity index (χ2v) is 5.12. The third kappa shape index (κ3) is 2.73. The van der Waals surface area contributed by atoms with Crippen LogP contribution in [-0.2, 0) is 0 Å². The Hall–Kier alpha value is -1.96. The monoisotopic (exact) mass is 251 g/mol. The average molecular weight is 251 g/mol. The zero-order chi connectivity index (χ0) is 13.1. The van der Waals surface area contributed by atoms with Gasteiger partial charge in [0.25, 0.3) is 0 Å². The first-order valence-electron chi connectivity index (χ1n) is 6.89. The molecule has 0 unspecified atom stereocenters. The van der Waals surface area contributed by atoms with Crippen molar-refractivity contribution in [3.05, 3.63) is 53.7 Å². The van der Waals surface area contributed by atoms with Crippen LogP contribution < -0.4 is 0 Å². The maximum atomic E-state index is 12.3. The van der Waals surface area contributed by atoms with Crippen LogP contribution in [0.3, 0.4) is 0 Å². The molecule has 0 saturated heterocycles. The number of hydrogen-bond acceptors (Lipinski definition) is 2. The largest absolute Gasteiger partial charge is 0.294 e. The highest BCUT2D eigenvalue weighted by atomic mass is 16.1. The molecule has 0 atom stereocenters. The number of hydrogen-bond donors (Lipinski definition) is 0. The highest BCUT2D eigenvalue weighted by molar-refractivity contribution is 6.00. The molecule has 2 nitrogen and oxygen atoms in total. The number of rotatable bonds is 3. The van der Waals surface area contributed by atoms with Crippen molar-refractivity contribution in [1.82, 2.24) is 4.98 Å². The third-order valence-electron chi connectivity index (χ3n) is 3.70. The van der Waals surface area contributed by atoms with Crippen LogP contribution >= 0.6 is 0 Å². The fraction of sp³-hybridized carbons (Fsp3) is 0.294. The van der Waals surface area contributed by atoms with E-state index in [0.29, 0.717) is 6.42 Å². The minimum atomic E-state index is 0.209. The van der Waals surface area contributed by atoms with E-state index in [1.807, 2.05) is 30.3 Å². The highest BCUT2D eigenvalue weighted by Crippen LogP contribution is 2.22. The van der Waals surface area contributed by atoms with Crippen LogP contribution in [0.15, 0.2) is 48.2 Å². The minimum Gasteiger partial charge on any atom is -0.294 e. The van der Waals surface area contributed by atoms with Gasteiger partial charge in [-0.05, 0) is 37.8 Å². The molecule has 0 aliphatic heterocycles. The zero-order valence-corrected chi connectivity index (χ0v) is 10.9. The Morgan fingerprint density at radius 2 is 2.16 bits per heavy atom. The van der Waals surface area contributed by atoms with Crippen LogP contribution in [0.2, 0.25) is 0 Å². The van der Waals surface area contributed by atoms with Crippen molar-refractivity contribution < 1.29 is 4.79 Å². The molecule has 0 amide bonds. The molecular weight excluding hydrogens is 234 g/mol. The van der Waals surface area contributed by atoms with Crippen molar-refractivity contribution in [2.75, 3.05) is 0 Å². The number of pyridine rings is 1. The van der Waals surface area contributed by atoms with Gasteiger partial charge in [0.05, 0.1) is 5.52 Å². The second kappa shape index (κ2) is 5.35. The summed E-state index contributed by atoms with van der Waals surface area (Å²) in [5.41, 5.74) is 2.97. The molecule has 19 heavy (non-hydrogen) atoms. The van der Waals surface area contributed by atoms with Crippen LogP contribution in [0, 0.1) is 0 Å². The molecule has 1 heterocycles. The van der Waals surface area contributed by atoms with Crippen LogP contribution in [0.5, 0.6) is 0 Å².